The van der Waals surface area contributed by atoms with Gasteiger partial charge in [-0.25, -0.2) is 4.79 Å². The number of nitrogens with one attached hydrogen (secondary N) is 5. The van der Waals surface area contributed by atoms with Crippen molar-refractivity contribution in [2.75, 3.05) is 32.8 Å². The molecule has 45 heavy (non-hydrogen) atoms. The molecule has 0 radical (unpaired) electrons. The summed E-state index contributed by atoms with van der Waals surface area (Å²) < 4.78 is 0. The number of aliphatic hydroxyl groups excluding tert-OH is 2. The zero-order valence-electron chi connectivity index (χ0n) is 25.2. The number of carboxylic acids is 1. The van der Waals surface area contributed by atoms with E-state index in [4.69, 9.17) is 17.2 Å². The number of hydrogen-bond acceptors (Lipinski definition) is 11. The van der Waals surface area contributed by atoms with Crippen LogP contribution in [0.5, 0.6) is 0 Å². The van der Waals surface area contributed by atoms with Gasteiger partial charge in [-0.1, -0.05) is 0 Å². The Bertz CT molecular complexity index is 1120. The number of aliphatic imine (C=N–C) groups is 1. The van der Waals surface area contributed by atoms with Crippen molar-refractivity contribution in [2.24, 2.45) is 22.2 Å². The average Bonchev–Trinajstić information content (AvgIpc) is 3.49. The van der Waals surface area contributed by atoms with E-state index in [0.29, 0.717) is 6.42 Å². The molecule has 1 fully saturated rings. The monoisotopic (exact) mass is 644 g/mol. The van der Waals surface area contributed by atoms with Crippen LogP contribution in [0.25, 0.3) is 0 Å². The minimum Gasteiger partial charge on any atom is -0.480 e. The Balaban J connectivity index is 2.97. The van der Waals surface area contributed by atoms with Crippen molar-refractivity contribution in [1.29, 1.82) is 0 Å². The largest absolute Gasteiger partial charge is 0.480 e. The van der Waals surface area contributed by atoms with E-state index in [1.807, 2.05) is 0 Å². The van der Waals surface area contributed by atoms with Crippen molar-refractivity contribution in [1.82, 2.24) is 31.5 Å². The first-order valence-electron chi connectivity index (χ1n) is 14.2. The van der Waals surface area contributed by atoms with E-state index < -0.39 is 90.9 Å². The summed E-state index contributed by atoms with van der Waals surface area (Å²) in [6.45, 7) is 0.697. The summed E-state index contributed by atoms with van der Waals surface area (Å²) in [6, 6.07) is -7.85. The van der Waals surface area contributed by atoms with Gasteiger partial charge < -0.3 is 64.0 Å². The van der Waals surface area contributed by atoms with E-state index in [1.165, 1.54) is 13.8 Å². The number of likely N-dealkylation sites (tertiary alicyclic amines) is 1. The van der Waals surface area contributed by atoms with E-state index in [2.05, 4.69) is 31.6 Å². The fourth-order valence-corrected chi connectivity index (χ4v) is 4.28. The molecule has 0 aromatic carbocycles. The van der Waals surface area contributed by atoms with Gasteiger partial charge in [0.2, 0.25) is 35.4 Å². The molecular weight excluding hydrogens is 600 g/mol. The van der Waals surface area contributed by atoms with Crippen molar-refractivity contribution < 1.29 is 48.9 Å². The highest BCUT2D eigenvalue weighted by atomic mass is 16.4. The van der Waals surface area contributed by atoms with Crippen molar-refractivity contribution in [3.05, 3.63) is 0 Å². The summed E-state index contributed by atoms with van der Waals surface area (Å²) in [7, 11) is 0. The van der Waals surface area contributed by atoms with E-state index in [0.717, 1.165) is 4.90 Å². The lowest BCUT2D eigenvalue weighted by atomic mass is 10.1. The zero-order chi connectivity index (χ0) is 34.3. The van der Waals surface area contributed by atoms with Gasteiger partial charge in [-0.05, 0) is 39.5 Å². The Labute approximate surface area is 258 Å². The summed E-state index contributed by atoms with van der Waals surface area (Å²) in [5.74, 6) is -6.41. The molecule has 1 aliphatic rings. The number of carboxylic acid groups (broad SMARTS) is 1. The Kier molecular flexibility index (Phi) is 16.2. The van der Waals surface area contributed by atoms with Crippen LogP contribution in [0.3, 0.4) is 0 Å². The van der Waals surface area contributed by atoms with E-state index in [9.17, 15) is 48.9 Å². The lowest BCUT2D eigenvalue weighted by Crippen LogP contribution is -2.60. The average molecular weight is 645 g/mol. The van der Waals surface area contributed by atoms with Gasteiger partial charge in [0.05, 0.1) is 19.8 Å². The van der Waals surface area contributed by atoms with Crippen molar-refractivity contribution in [2.45, 2.75) is 75.8 Å². The second-order valence-corrected chi connectivity index (χ2v) is 10.2. The van der Waals surface area contributed by atoms with Gasteiger partial charge in [0.15, 0.2) is 5.96 Å². The summed E-state index contributed by atoms with van der Waals surface area (Å²) in [5.41, 5.74) is 15.8. The normalized spacial score (nSPS) is 17.4. The summed E-state index contributed by atoms with van der Waals surface area (Å²) in [6.07, 6.45) is 0.875. The molecule has 14 N–H and O–H groups in total. The summed E-state index contributed by atoms with van der Waals surface area (Å²) in [5, 5.41) is 40.3. The maximum atomic E-state index is 13.2. The van der Waals surface area contributed by atoms with Crippen LogP contribution in [0.15, 0.2) is 4.99 Å². The zero-order valence-corrected chi connectivity index (χ0v) is 25.2. The molecule has 0 spiro atoms. The maximum absolute atomic E-state index is 13.2. The predicted molar refractivity (Wildman–Crippen MR) is 157 cm³/mol. The van der Waals surface area contributed by atoms with Gasteiger partial charge in [-0.15, -0.1) is 0 Å². The van der Waals surface area contributed by atoms with E-state index >= 15 is 0 Å². The molecule has 0 aromatic rings. The second-order valence-electron chi connectivity index (χ2n) is 10.2. The highest BCUT2D eigenvalue weighted by Gasteiger charge is 2.37. The molecule has 20 heteroatoms. The molecule has 0 aromatic heterocycles. The van der Waals surface area contributed by atoms with Gasteiger partial charge in [-0.3, -0.25) is 33.8 Å². The fraction of sp³-hybridized carbons (Fsp3) is 0.680. The van der Waals surface area contributed by atoms with Crippen molar-refractivity contribution in [3.63, 3.8) is 0 Å². The van der Waals surface area contributed by atoms with Gasteiger partial charge in [0.25, 0.3) is 0 Å². The molecular formula is C25H44N10O10. The predicted octanol–water partition coefficient (Wildman–Crippen LogP) is -6.48. The first kappa shape index (κ1) is 38.5. The topological polar surface area (TPSA) is 334 Å². The standard InChI is InChI=1S/C25H44N10O10/c1-12(30-18(38)9-26)19(39)33-15(10-36)22(42)34-16(11-37)21(41)32-14(5-3-7-29-25(27)28)20(40)31-13(2)23(43)35-8-4-6-17(35)24(44)45/h12-17,36-37H,3-11,26H2,1-2H3,(H,30,38)(H,31,40)(H,32,41)(H,33,39)(H,34,42)(H,44,45)(H4,27,28,29)/t12-,13-,14-,15-,16-,17-/m0/s1. The molecule has 0 bridgehead atoms. The van der Waals surface area contributed by atoms with Crippen LogP contribution in [0, 0.1) is 0 Å². The summed E-state index contributed by atoms with van der Waals surface area (Å²) in [4.78, 5) is 91.9. The van der Waals surface area contributed by atoms with Gasteiger partial charge in [-0.2, -0.15) is 0 Å². The molecule has 0 aliphatic carbocycles. The quantitative estimate of drug-likeness (QED) is 0.0376. The third-order valence-electron chi connectivity index (χ3n) is 6.72. The molecule has 1 heterocycles. The van der Waals surface area contributed by atoms with Crippen LogP contribution in [-0.4, -0.2) is 137 Å². The number of amides is 6. The van der Waals surface area contributed by atoms with Crippen LogP contribution in [0.2, 0.25) is 0 Å². The third kappa shape index (κ3) is 12.5. The van der Waals surface area contributed by atoms with Crippen LogP contribution in [0.4, 0.5) is 0 Å². The molecule has 6 atom stereocenters. The highest BCUT2D eigenvalue weighted by molar-refractivity contribution is 5.96. The molecule has 1 aliphatic heterocycles. The summed E-state index contributed by atoms with van der Waals surface area (Å²) >= 11 is 0. The van der Waals surface area contributed by atoms with Crippen molar-refractivity contribution >= 4 is 47.4 Å². The second kappa shape index (κ2) is 19.0. The van der Waals surface area contributed by atoms with Crippen LogP contribution in [-0.2, 0) is 33.6 Å². The number of nitrogens with two attached hydrogens (primary N) is 3. The van der Waals surface area contributed by atoms with Crippen LogP contribution < -0.4 is 43.8 Å². The number of carbonyl (C=O) groups is 7. The minimum absolute atomic E-state index is 0.0510. The molecule has 0 saturated carbocycles. The van der Waals surface area contributed by atoms with Crippen molar-refractivity contribution in [3.8, 4) is 0 Å². The van der Waals surface area contributed by atoms with Gasteiger partial charge in [0, 0.05) is 13.1 Å². The number of nitrogens with zero attached hydrogens (tertiary/aromatic N) is 2. The molecule has 1 saturated heterocycles. The van der Waals surface area contributed by atoms with Crippen LogP contribution >= 0.6 is 0 Å². The van der Waals surface area contributed by atoms with E-state index in [-0.39, 0.29) is 44.9 Å². The van der Waals surface area contributed by atoms with Crippen LogP contribution in [0.1, 0.15) is 39.5 Å². The Hall–Kier alpha value is -4.56. The highest BCUT2D eigenvalue weighted by Crippen LogP contribution is 2.18. The molecule has 6 amide bonds. The minimum atomic E-state index is -1.65. The SMILES string of the molecule is C[C@H](NC(=O)CN)C(=O)N[C@@H](CO)C(=O)N[C@@H](CO)C(=O)N[C@@H](CCCN=C(N)N)C(=O)N[C@@H](C)C(=O)N1CCC[C@H]1C(=O)O. The molecule has 20 nitrogen and oxygen atoms in total. The third-order valence-corrected chi connectivity index (χ3v) is 6.72. The maximum Gasteiger partial charge on any atom is 0.326 e. The van der Waals surface area contributed by atoms with Gasteiger partial charge in [0.1, 0.15) is 36.3 Å². The number of aliphatic hydroxyl groups is 2. The molecule has 0 unspecified atom stereocenters. The lowest BCUT2D eigenvalue weighted by Gasteiger charge is -2.27. The number of carbonyl (C=O) groups excluding carboxylic acids is 6. The lowest BCUT2D eigenvalue weighted by molar-refractivity contribution is -0.149. The molecule has 254 valence electrons. The number of aliphatic carboxylic acids is 1. The number of hydrogen-bond donors (Lipinski definition) is 11. The number of rotatable bonds is 18. The molecule has 1 rings (SSSR count). The Morgan fingerprint density at radius 1 is 0.822 bits per heavy atom. The van der Waals surface area contributed by atoms with Gasteiger partial charge >= 0.3 is 5.97 Å². The Morgan fingerprint density at radius 3 is 1.87 bits per heavy atom. The number of guanidine groups is 1. The Morgan fingerprint density at radius 2 is 1.36 bits per heavy atom. The first-order valence-corrected chi connectivity index (χ1v) is 14.2. The van der Waals surface area contributed by atoms with E-state index in [1.54, 1.807) is 0 Å². The first-order chi connectivity index (χ1) is 21.2. The fourth-order valence-electron chi connectivity index (χ4n) is 4.28. The smallest absolute Gasteiger partial charge is 0.326 e.